The largest absolute Gasteiger partial charge is 0.350 e. The summed E-state index contributed by atoms with van der Waals surface area (Å²) in [5.41, 5.74) is 9.40. The Balaban J connectivity index is 2.00. The zero-order chi connectivity index (χ0) is 20.0. The van der Waals surface area contributed by atoms with Gasteiger partial charge in [-0.05, 0) is 42.2 Å². The maximum atomic E-state index is 12.4. The number of amides is 2. The maximum absolute atomic E-state index is 12.4. The van der Waals surface area contributed by atoms with Crippen molar-refractivity contribution in [1.82, 2.24) is 10.2 Å². The van der Waals surface area contributed by atoms with Crippen molar-refractivity contribution < 1.29 is 9.59 Å². The summed E-state index contributed by atoms with van der Waals surface area (Å²) >= 11 is 0. The molecular formula is C22H29N3O2. The molecule has 0 fully saturated rings. The molecule has 0 saturated heterocycles. The Hall–Kier alpha value is -2.66. The van der Waals surface area contributed by atoms with E-state index in [9.17, 15) is 9.59 Å². The van der Waals surface area contributed by atoms with Crippen molar-refractivity contribution >= 4 is 11.8 Å². The number of nitrogens with one attached hydrogen (secondary N) is 1. The van der Waals surface area contributed by atoms with E-state index in [4.69, 9.17) is 5.73 Å². The normalized spacial score (nSPS) is 11.9. The van der Waals surface area contributed by atoms with Crippen LogP contribution in [0, 0.1) is 0 Å². The minimum absolute atomic E-state index is 0.103. The third-order valence-corrected chi connectivity index (χ3v) is 4.71. The molecule has 5 nitrogen and oxygen atoms in total. The highest BCUT2D eigenvalue weighted by atomic mass is 16.2. The Morgan fingerprint density at radius 2 is 1.63 bits per heavy atom. The second-order valence-electron chi connectivity index (χ2n) is 7.04. The van der Waals surface area contributed by atoms with Gasteiger partial charge in [-0.15, -0.1) is 0 Å². The predicted octanol–water partition coefficient (Wildman–Crippen LogP) is 3.33. The summed E-state index contributed by atoms with van der Waals surface area (Å²) in [5.74, 6) is 0.129. The van der Waals surface area contributed by atoms with Crippen LogP contribution in [0.5, 0.6) is 0 Å². The van der Waals surface area contributed by atoms with Crippen LogP contribution in [0.15, 0.2) is 48.5 Å². The number of hydrogen-bond acceptors (Lipinski definition) is 3. The number of nitrogens with zero attached hydrogens (tertiary/aromatic N) is 1. The van der Waals surface area contributed by atoms with E-state index in [1.807, 2.05) is 19.1 Å². The molecule has 3 N–H and O–H groups in total. The second-order valence-corrected chi connectivity index (χ2v) is 7.04. The molecule has 0 aliphatic heterocycles. The zero-order valence-corrected chi connectivity index (χ0v) is 16.5. The number of carbonyl (C=O) groups excluding carboxylic acids is 2. The second kappa shape index (κ2) is 9.33. The number of hydrogen-bond donors (Lipinski definition) is 2. The number of nitrogens with two attached hydrogens (primary N) is 1. The molecule has 1 atom stereocenters. The van der Waals surface area contributed by atoms with Gasteiger partial charge in [-0.3, -0.25) is 9.59 Å². The van der Waals surface area contributed by atoms with Gasteiger partial charge in [0.2, 0.25) is 0 Å². The Labute approximate surface area is 161 Å². The first-order valence-electron chi connectivity index (χ1n) is 9.32. The fourth-order valence-corrected chi connectivity index (χ4v) is 2.71. The zero-order valence-electron chi connectivity index (χ0n) is 16.5. The van der Waals surface area contributed by atoms with Crippen LogP contribution in [-0.2, 0) is 0 Å². The van der Waals surface area contributed by atoms with Crippen LogP contribution in [0.25, 0.3) is 0 Å². The molecule has 0 aliphatic carbocycles. The average Bonchev–Trinajstić information content (AvgIpc) is 2.70. The average molecular weight is 367 g/mol. The SMILES string of the molecule is CCN(C)C(=O)c1cccc(C(=O)NCC(N)c2ccc(C(C)C)cc2)c1. The lowest BCUT2D eigenvalue weighted by molar-refractivity contribution is 0.0802. The van der Waals surface area contributed by atoms with Gasteiger partial charge >= 0.3 is 0 Å². The van der Waals surface area contributed by atoms with Crippen LogP contribution < -0.4 is 11.1 Å². The van der Waals surface area contributed by atoms with E-state index < -0.39 is 0 Å². The van der Waals surface area contributed by atoms with Gasteiger partial charge in [0.15, 0.2) is 0 Å². The van der Waals surface area contributed by atoms with Gasteiger partial charge in [-0.2, -0.15) is 0 Å². The van der Waals surface area contributed by atoms with Gasteiger partial charge in [0.05, 0.1) is 0 Å². The summed E-state index contributed by atoms with van der Waals surface area (Å²) in [5, 5.41) is 2.86. The molecule has 1 unspecified atom stereocenters. The Morgan fingerprint density at radius 3 is 2.22 bits per heavy atom. The van der Waals surface area contributed by atoms with Crippen molar-refractivity contribution in [3.63, 3.8) is 0 Å². The molecular weight excluding hydrogens is 338 g/mol. The van der Waals surface area contributed by atoms with E-state index in [1.165, 1.54) is 5.56 Å². The van der Waals surface area contributed by atoms with E-state index in [1.54, 1.807) is 36.2 Å². The number of carbonyl (C=O) groups is 2. The Bertz CT molecular complexity index is 784. The molecule has 0 bridgehead atoms. The molecule has 2 amide bonds. The summed E-state index contributed by atoms with van der Waals surface area (Å²) in [7, 11) is 1.73. The Kier molecular flexibility index (Phi) is 7.13. The van der Waals surface area contributed by atoms with Crippen LogP contribution >= 0.6 is 0 Å². The molecule has 2 aromatic rings. The summed E-state index contributed by atoms with van der Waals surface area (Å²) in [6.45, 7) is 7.13. The van der Waals surface area contributed by atoms with Crippen LogP contribution in [-0.4, -0.2) is 36.9 Å². The van der Waals surface area contributed by atoms with Gasteiger partial charge in [0.25, 0.3) is 11.8 Å². The lowest BCUT2D eigenvalue weighted by Crippen LogP contribution is -2.32. The van der Waals surface area contributed by atoms with Gasteiger partial charge in [-0.1, -0.05) is 44.2 Å². The van der Waals surface area contributed by atoms with Crippen molar-refractivity contribution in [2.75, 3.05) is 20.1 Å². The van der Waals surface area contributed by atoms with E-state index in [2.05, 4.69) is 31.3 Å². The van der Waals surface area contributed by atoms with Gasteiger partial charge in [0.1, 0.15) is 0 Å². The van der Waals surface area contributed by atoms with Crippen molar-refractivity contribution in [2.24, 2.45) is 5.73 Å². The lowest BCUT2D eigenvalue weighted by atomic mass is 9.99. The molecule has 0 spiro atoms. The molecule has 2 aromatic carbocycles. The molecule has 144 valence electrons. The number of benzene rings is 2. The van der Waals surface area contributed by atoms with Crippen molar-refractivity contribution in [3.05, 3.63) is 70.8 Å². The molecule has 5 heteroatoms. The predicted molar refractivity (Wildman–Crippen MR) is 109 cm³/mol. The van der Waals surface area contributed by atoms with E-state index in [0.29, 0.717) is 30.1 Å². The molecule has 0 aliphatic rings. The fourth-order valence-electron chi connectivity index (χ4n) is 2.71. The van der Waals surface area contributed by atoms with Crippen molar-refractivity contribution in [1.29, 1.82) is 0 Å². The van der Waals surface area contributed by atoms with Crippen molar-refractivity contribution in [2.45, 2.75) is 32.7 Å². The van der Waals surface area contributed by atoms with E-state index >= 15 is 0 Å². The third kappa shape index (κ3) is 5.41. The molecule has 0 saturated carbocycles. The highest BCUT2D eigenvalue weighted by molar-refractivity contribution is 5.99. The lowest BCUT2D eigenvalue weighted by Gasteiger charge is -2.16. The molecule has 2 rings (SSSR count). The van der Waals surface area contributed by atoms with Crippen LogP contribution in [0.4, 0.5) is 0 Å². The van der Waals surface area contributed by atoms with Crippen LogP contribution in [0.1, 0.15) is 64.6 Å². The van der Waals surface area contributed by atoms with Crippen molar-refractivity contribution in [3.8, 4) is 0 Å². The topological polar surface area (TPSA) is 75.4 Å². The minimum Gasteiger partial charge on any atom is -0.350 e. The summed E-state index contributed by atoms with van der Waals surface area (Å²) < 4.78 is 0. The van der Waals surface area contributed by atoms with E-state index in [-0.39, 0.29) is 17.9 Å². The monoisotopic (exact) mass is 367 g/mol. The smallest absolute Gasteiger partial charge is 0.253 e. The third-order valence-electron chi connectivity index (χ3n) is 4.71. The molecule has 0 radical (unpaired) electrons. The fraction of sp³-hybridized carbons (Fsp3) is 0.364. The molecule has 27 heavy (non-hydrogen) atoms. The van der Waals surface area contributed by atoms with Crippen LogP contribution in [0.3, 0.4) is 0 Å². The molecule has 0 aromatic heterocycles. The minimum atomic E-state index is -0.286. The summed E-state index contributed by atoms with van der Waals surface area (Å²) in [4.78, 5) is 26.3. The van der Waals surface area contributed by atoms with Gasteiger partial charge < -0.3 is 16.0 Å². The first-order chi connectivity index (χ1) is 12.8. The quantitative estimate of drug-likeness (QED) is 0.788. The first-order valence-corrected chi connectivity index (χ1v) is 9.32. The Morgan fingerprint density at radius 1 is 1.04 bits per heavy atom. The highest BCUT2D eigenvalue weighted by Crippen LogP contribution is 2.17. The summed E-state index contributed by atoms with van der Waals surface area (Å²) in [6.07, 6.45) is 0. The van der Waals surface area contributed by atoms with E-state index in [0.717, 1.165) is 5.56 Å². The van der Waals surface area contributed by atoms with Crippen LogP contribution in [0.2, 0.25) is 0 Å². The van der Waals surface area contributed by atoms with Gasteiger partial charge in [-0.25, -0.2) is 0 Å². The maximum Gasteiger partial charge on any atom is 0.253 e. The molecule has 0 heterocycles. The first kappa shape index (κ1) is 20.6. The highest BCUT2D eigenvalue weighted by Gasteiger charge is 2.14. The standard InChI is InChI=1S/C22H29N3O2/c1-5-25(4)22(27)19-8-6-7-18(13-19)21(26)24-14-20(23)17-11-9-16(10-12-17)15(2)3/h6-13,15,20H,5,14,23H2,1-4H3,(H,24,26). The van der Waals surface area contributed by atoms with Gasteiger partial charge in [0, 0.05) is 37.3 Å². The number of rotatable bonds is 7. The summed E-state index contributed by atoms with van der Waals surface area (Å²) in [6, 6.07) is 14.6.